The first-order valence-corrected chi connectivity index (χ1v) is 4.70. The van der Waals surface area contributed by atoms with Gasteiger partial charge >= 0.3 is 5.76 Å². The number of aromatic amines is 1. The number of hydrogen-bond acceptors (Lipinski definition) is 3. The Morgan fingerprint density at radius 2 is 2.07 bits per heavy atom. The lowest BCUT2D eigenvalue weighted by Crippen LogP contribution is -1.95. The quantitative estimate of drug-likeness (QED) is 0.834. The highest BCUT2D eigenvalue weighted by atomic mass is 16.5. The second-order valence-corrected chi connectivity index (χ2v) is 3.02. The predicted molar refractivity (Wildman–Crippen MR) is 55.9 cm³/mol. The molecule has 78 valence electrons. The van der Waals surface area contributed by atoms with E-state index in [1.165, 1.54) is 6.26 Å². The van der Waals surface area contributed by atoms with E-state index < -0.39 is 5.76 Å². The molecule has 2 aromatic rings. The Morgan fingerprint density at radius 3 is 2.60 bits per heavy atom. The van der Waals surface area contributed by atoms with Crippen LogP contribution in [0.5, 0.6) is 5.75 Å². The molecule has 0 fully saturated rings. The second-order valence-electron chi connectivity index (χ2n) is 3.02. The molecule has 0 spiro atoms. The Bertz CT molecular complexity index is 481. The maximum absolute atomic E-state index is 10.8. The third-order valence-electron chi connectivity index (χ3n) is 2.00. The fraction of sp³-hybridized carbons (Fsp3) is 0.182. The van der Waals surface area contributed by atoms with Crippen molar-refractivity contribution in [2.75, 3.05) is 6.61 Å². The van der Waals surface area contributed by atoms with Crippen LogP contribution >= 0.6 is 0 Å². The third-order valence-corrected chi connectivity index (χ3v) is 2.00. The Kier molecular flexibility index (Phi) is 2.58. The number of H-pyrrole nitrogens is 1. The molecule has 1 heterocycles. The lowest BCUT2D eigenvalue weighted by Gasteiger charge is -2.02. The first-order chi connectivity index (χ1) is 7.29. The fourth-order valence-corrected chi connectivity index (χ4v) is 1.32. The van der Waals surface area contributed by atoms with Gasteiger partial charge in [0.15, 0.2) is 0 Å². The van der Waals surface area contributed by atoms with E-state index >= 15 is 0 Å². The molecule has 0 aliphatic rings. The van der Waals surface area contributed by atoms with Gasteiger partial charge in [-0.15, -0.1) is 0 Å². The summed E-state index contributed by atoms with van der Waals surface area (Å²) in [6, 6.07) is 7.44. The molecule has 1 aromatic carbocycles. The van der Waals surface area contributed by atoms with Gasteiger partial charge < -0.3 is 9.15 Å². The van der Waals surface area contributed by atoms with E-state index in [-0.39, 0.29) is 0 Å². The first-order valence-electron chi connectivity index (χ1n) is 4.70. The van der Waals surface area contributed by atoms with Crippen LogP contribution in [0.3, 0.4) is 0 Å². The molecule has 0 unspecified atom stereocenters. The van der Waals surface area contributed by atoms with Gasteiger partial charge in [-0.05, 0) is 31.2 Å². The van der Waals surface area contributed by atoms with Gasteiger partial charge in [-0.3, -0.25) is 4.98 Å². The largest absolute Gasteiger partial charge is 0.494 e. The van der Waals surface area contributed by atoms with E-state index in [0.717, 1.165) is 11.3 Å². The monoisotopic (exact) mass is 205 g/mol. The SMILES string of the molecule is CCOc1ccc(-c2coc(=O)[nH]2)cc1. The average Bonchev–Trinajstić information content (AvgIpc) is 2.67. The molecule has 0 amide bonds. The van der Waals surface area contributed by atoms with Crippen molar-refractivity contribution in [2.45, 2.75) is 6.92 Å². The lowest BCUT2D eigenvalue weighted by atomic mass is 10.2. The third kappa shape index (κ3) is 2.10. The highest BCUT2D eigenvalue weighted by molar-refractivity contribution is 5.58. The number of nitrogens with one attached hydrogen (secondary N) is 1. The molecule has 0 atom stereocenters. The summed E-state index contributed by atoms with van der Waals surface area (Å²) in [6.45, 7) is 2.57. The summed E-state index contributed by atoms with van der Waals surface area (Å²) < 4.78 is 9.96. The van der Waals surface area contributed by atoms with E-state index in [2.05, 4.69) is 9.40 Å². The molecule has 1 aromatic heterocycles. The van der Waals surface area contributed by atoms with Crippen molar-refractivity contribution < 1.29 is 9.15 Å². The van der Waals surface area contributed by atoms with Crippen LogP contribution in [0.25, 0.3) is 11.3 Å². The van der Waals surface area contributed by atoms with Crippen LogP contribution < -0.4 is 10.5 Å². The van der Waals surface area contributed by atoms with Crippen molar-refractivity contribution in [3.8, 4) is 17.0 Å². The van der Waals surface area contributed by atoms with Crippen molar-refractivity contribution in [3.05, 3.63) is 41.1 Å². The Balaban J connectivity index is 2.27. The van der Waals surface area contributed by atoms with Gasteiger partial charge in [0, 0.05) is 5.56 Å². The van der Waals surface area contributed by atoms with Gasteiger partial charge in [0.2, 0.25) is 0 Å². The van der Waals surface area contributed by atoms with Gasteiger partial charge in [-0.25, -0.2) is 4.79 Å². The summed E-state index contributed by atoms with van der Waals surface area (Å²) in [4.78, 5) is 13.4. The van der Waals surface area contributed by atoms with E-state index in [4.69, 9.17) is 4.74 Å². The fourth-order valence-electron chi connectivity index (χ4n) is 1.32. The highest BCUT2D eigenvalue weighted by Gasteiger charge is 2.01. The molecule has 0 saturated carbocycles. The topological polar surface area (TPSA) is 55.2 Å². The van der Waals surface area contributed by atoms with Crippen LogP contribution in [0.1, 0.15) is 6.92 Å². The molecule has 0 bridgehead atoms. The molecule has 15 heavy (non-hydrogen) atoms. The minimum atomic E-state index is -0.445. The van der Waals surface area contributed by atoms with Gasteiger partial charge in [-0.1, -0.05) is 0 Å². The Morgan fingerprint density at radius 1 is 1.33 bits per heavy atom. The van der Waals surface area contributed by atoms with Crippen molar-refractivity contribution in [3.63, 3.8) is 0 Å². The Labute approximate surface area is 86.5 Å². The molecule has 0 saturated heterocycles. The van der Waals surface area contributed by atoms with Crippen LogP contribution in [-0.4, -0.2) is 11.6 Å². The van der Waals surface area contributed by atoms with Crippen molar-refractivity contribution in [1.29, 1.82) is 0 Å². The van der Waals surface area contributed by atoms with Crippen LogP contribution in [0.2, 0.25) is 0 Å². The van der Waals surface area contributed by atoms with Crippen LogP contribution in [0.4, 0.5) is 0 Å². The zero-order valence-electron chi connectivity index (χ0n) is 8.32. The molecular weight excluding hydrogens is 194 g/mol. The van der Waals surface area contributed by atoms with Crippen molar-refractivity contribution >= 4 is 0 Å². The van der Waals surface area contributed by atoms with Gasteiger partial charge in [-0.2, -0.15) is 0 Å². The summed E-state index contributed by atoms with van der Waals surface area (Å²) in [5, 5.41) is 0. The zero-order chi connectivity index (χ0) is 10.7. The minimum absolute atomic E-state index is 0.445. The number of benzene rings is 1. The summed E-state index contributed by atoms with van der Waals surface area (Å²) in [6.07, 6.45) is 1.40. The van der Waals surface area contributed by atoms with E-state index in [1.54, 1.807) is 0 Å². The standard InChI is InChI=1S/C11H11NO3/c1-2-14-9-5-3-8(4-6-9)10-7-15-11(13)12-10/h3-7H,2H2,1H3,(H,12,13). The van der Waals surface area contributed by atoms with Gasteiger partial charge in [0.1, 0.15) is 12.0 Å². The molecule has 4 nitrogen and oxygen atoms in total. The van der Waals surface area contributed by atoms with Gasteiger partial charge in [0.05, 0.1) is 12.3 Å². The molecule has 4 heteroatoms. The normalized spacial score (nSPS) is 10.2. The maximum atomic E-state index is 10.8. The molecule has 0 radical (unpaired) electrons. The molecule has 0 aliphatic carbocycles. The summed E-state index contributed by atoms with van der Waals surface area (Å²) >= 11 is 0. The average molecular weight is 205 g/mol. The first kappa shape index (κ1) is 9.58. The minimum Gasteiger partial charge on any atom is -0.494 e. The second kappa shape index (κ2) is 4.04. The molecule has 2 rings (SSSR count). The number of aromatic nitrogens is 1. The number of hydrogen-bond donors (Lipinski definition) is 1. The number of rotatable bonds is 3. The van der Waals surface area contributed by atoms with E-state index in [9.17, 15) is 4.79 Å². The van der Waals surface area contributed by atoms with Crippen LogP contribution in [0.15, 0.2) is 39.7 Å². The van der Waals surface area contributed by atoms with Crippen LogP contribution in [0, 0.1) is 0 Å². The number of ether oxygens (including phenoxy) is 1. The summed E-state index contributed by atoms with van der Waals surface area (Å²) in [5.74, 6) is 0.367. The molecule has 0 aliphatic heterocycles. The maximum Gasteiger partial charge on any atom is 0.416 e. The summed E-state index contributed by atoms with van der Waals surface area (Å²) in [5.41, 5.74) is 1.56. The molecular formula is C11H11NO3. The number of oxazole rings is 1. The van der Waals surface area contributed by atoms with Gasteiger partial charge in [0.25, 0.3) is 0 Å². The smallest absolute Gasteiger partial charge is 0.416 e. The highest BCUT2D eigenvalue weighted by Crippen LogP contribution is 2.19. The van der Waals surface area contributed by atoms with Crippen molar-refractivity contribution in [1.82, 2.24) is 4.98 Å². The summed E-state index contributed by atoms with van der Waals surface area (Å²) in [7, 11) is 0. The zero-order valence-corrected chi connectivity index (χ0v) is 8.32. The predicted octanol–water partition coefficient (Wildman–Crippen LogP) is 2.03. The lowest BCUT2D eigenvalue weighted by molar-refractivity contribution is 0.340. The van der Waals surface area contributed by atoms with Crippen LogP contribution in [-0.2, 0) is 0 Å². The Hall–Kier alpha value is -1.97. The molecule has 1 N–H and O–H groups in total. The van der Waals surface area contributed by atoms with E-state index in [0.29, 0.717) is 12.3 Å². The van der Waals surface area contributed by atoms with Crippen molar-refractivity contribution in [2.24, 2.45) is 0 Å². The van der Waals surface area contributed by atoms with E-state index in [1.807, 2.05) is 31.2 Å².